The second-order valence-electron chi connectivity index (χ2n) is 8.07. The van der Waals surface area contributed by atoms with Crippen LogP contribution in [-0.4, -0.2) is 43.7 Å². The molecule has 3 aromatic rings. The zero-order valence-corrected chi connectivity index (χ0v) is 18.4. The summed E-state index contributed by atoms with van der Waals surface area (Å²) in [5.74, 6) is -0.0111. The maximum absolute atomic E-state index is 12.7. The minimum atomic E-state index is -0.0308. The standard InChI is InChI=1S/C27H31N3O2/c31-26(20-29-27(22-9-3-1-4-10-22)23-11-5-2-6-12-23)28-19-24-13-7-8-14-25(24)21-30-15-17-32-18-16-30/h1-14,27,29H,15-21H2,(H,28,31). The van der Waals surface area contributed by atoms with E-state index in [9.17, 15) is 4.79 Å². The average Bonchev–Trinajstić information content (AvgIpc) is 2.86. The summed E-state index contributed by atoms with van der Waals surface area (Å²) >= 11 is 0. The van der Waals surface area contributed by atoms with Gasteiger partial charge in [0.05, 0.1) is 25.8 Å². The molecule has 0 aromatic heterocycles. The zero-order chi connectivity index (χ0) is 22.0. The number of ether oxygens (including phenoxy) is 1. The number of hydrogen-bond donors (Lipinski definition) is 2. The minimum absolute atomic E-state index is 0.0111. The van der Waals surface area contributed by atoms with Gasteiger partial charge >= 0.3 is 0 Å². The van der Waals surface area contributed by atoms with E-state index in [1.165, 1.54) is 5.56 Å². The first-order valence-electron chi connectivity index (χ1n) is 11.3. The van der Waals surface area contributed by atoms with Crippen LogP contribution in [0.15, 0.2) is 84.9 Å². The maximum Gasteiger partial charge on any atom is 0.234 e. The largest absolute Gasteiger partial charge is 0.379 e. The second-order valence-corrected chi connectivity index (χ2v) is 8.07. The predicted octanol–water partition coefficient (Wildman–Crippen LogP) is 3.51. The lowest BCUT2D eigenvalue weighted by Gasteiger charge is -2.27. The number of nitrogens with zero attached hydrogens (tertiary/aromatic N) is 1. The van der Waals surface area contributed by atoms with Crippen LogP contribution in [0, 0.1) is 0 Å². The molecule has 1 amide bonds. The van der Waals surface area contributed by atoms with Gasteiger partial charge in [-0.25, -0.2) is 0 Å². The first kappa shape index (κ1) is 22.2. The van der Waals surface area contributed by atoms with Crippen molar-refractivity contribution in [1.29, 1.82) is 0 Å². The minimum Gasteiger partial charge on any atom is -0.379 e. The Morgan fingerprint density at radius 1 is 0.812 bits per heavy atom. The Bertz CT molecular complexity index is 933. The van der Waals surface area contributed by atoms with Crippen LogP contribution in [0.2, 0.25) is 0 Å². The highest BCUT2D eigenvalue weighted by molar-refractivity contribution is 5.78. The summed E-state index contributed by atoms with van der Waals surface area (Å²) in [4.78, 5) is 15.1. The lowest BCUT2D eigenvalue weighted by atomic mass is 9.99. The van der Waals surface area contributed by atoms with Crippen molar-refractivity contribution in [2.45, 2.75) is 19.1 Å². The number of carbonyl (C=O) groups is 1. The highest BCUT2D eigenvalue weighted by Gasteiger charge is 2.16. The summed E-state index contributed by atoms with van der Waals surface area (Å²) in [6.45, 7) is 5.14. The number of carbonyl (C=O) groups excluding carboxylic acids is 1. The van der Waals surface area contributed by atoms with Gasteiger partial charge in [-0.2, -0.15) is 0 Å². The molecule has 4 rings (SSSR count). The van der Waals surface area contributed by atoms with E-state index in [2.05, 4.69) is 58.0 Å². The second kappa shape index (κ2) is 11.6. The Balaban J connectivity index is 1.34. The summed E-state index contributed by atoms with van der Waals surface area (Å²) in [6, 6.07) is 28.8. The van der Waals surface area contributed by atoms with Crippen LogP contribution in [0.4, 0.5) is 0 Å². The van der Waals surface area contributed by atoms with Crippen molar-refractivity contribution in [2.24, 2.45) is 0 Å². The SMILES string of the molecule is O=C(CNC(c1ccccc1)c1ccccc1)NCc1ccccc1CN1CCOCC1. The van der Waals surface area contributed by atoms with Gasteiger partial charge in [0.25, 0.3) is 0 Å². The molecule has 1 aliphatic rings. The molecule has 1 heterocycles. The molecule has 1 aliphatic heterocycles. The molecule has 32 heavy (non-hydrogen) atoms. The van der Waals surface area contributed by atoms with Crippen LogP contribution in [0.25, 0.3) is 0 Å². The average molecular weight is 430 g/mol. The van der Waals surface area contributed by atoms with Crippen molar-refractivity contribution < 1.29 is 9.53 Å². The van der Waals surface area contributed by atoms with Crippen LogP contribution in [0.1, 0.15) is 28.3 Å². The predicted molar refractivity (Wildman–Crippen MR) is 127 cm³/mol. The third-order valence-electron chi connectivity index (χ3n) is 5.82. The third-order valence-corrected chi connectivity index (χ3v) is 5.82. The Hall–Kier alpha value is -2.99. The maximum atomic E-state index is 12.7. The van der Waals surface area contributed by atoms with Gasteiger partial charge in [-0.05, 0) is 22.3 Å². The molecule has 0 bridgehead atoms. The Morgan fingerprint density at radius 3 is 2.00 bits per heavy atom. The summed E-state index contributed by atoms with van der Waals surface area (Å²) in [5.41, 5.74) is 4.70. The topological polar surface area (TPSA) is 53.6 Å². The van der Waals surface area contributed by atoms with Gasteiger partial charge in [-0.3, -0.25) is 15.0 Å². The number of benzene rings is 3. The van der Waals surface area contributed by atoms with Crippen molar-refractivity contribution in [3.63, 3.8) is 0 Å². The molecule has 0 radical (unpaired) electrons. The summed E-state index contributed by atoms with van der Waals surface area (Å²) in [6.07, 6.45) is 0. The van der Waals surface area contributed by atoms with Crippen molar-refractivity contribution in [1.82, 2.24) is 15.5 Å². The van der Waals surface area contributed by atoms with Crippen molar-refractivity contribution >= 4 is 5.91 Å². The van der Waals surface area contributed by atoms with Gasteiger partial charge < -0.3 is 10.1 Å². The molecule has 0 saturated carbocycles. The normalized spacial score (nSPS) is 14.4. The van der Waals surface area contributed by atoms with Crippen molar-refractivity contribution in [2.75, 3.05) is 32.8 Å². The van der Waals surface area contributed by atoms with Gasteiger partial charge in [-0.15, -0.1) is 0 Å². The Kier molecular flexibility index (Phi) is 8.04. The number of amides is 1. The molecular formula is C27H31N3O2. The molecule has 0 atom stereocenters. The molecular weight excluding hydrogens is 398 g/mol. The fourth-order valence-corrected chi connectivity index (χ4v) is 4.05. The van der Waals surface area contributed by atoms with Crippen molar-refractivity contribution in [3.05, 3.63) is 107 Å². The number of morpholine rings is 1. The summed E-state index contributed by atoms with van der Waals surface area (Å²) < 4.78 is 5.45. The molecule has 0 aliphatic carbocycles. The van der Waals surface area contributed by atoms with Gasteiger partial charge in [0.15, 0.2) is 0 Å². The monoisotopic (exact) mass is 429 g/mol. The van der Waals surface area contributed by atoms with E-state index in [1.54, 1.807) is 0 Å². The van der Waals surface area contributed by atoms with Crippen LogP contribution in [0.5, 0.6) is 0 Å². The van der Waals surface area contributed by atoms with Gasteiger partial charge in [0, 0.05) is 26.2 Å². The summed E-state index contributed by atoms with van der Waals surface area (Å²) in [5, 5.41) is 6.52. The van der Waals surface area contributed by atoms with Crippen LogP contribution >= 0.6 is 0 Å². The first-order chi connectivity index (χ1) is 15.8. The fourth-order valence-electron chi connectivity index (χ4n) is 4.05. The molecule has 1 fully saturated rings. The molecule has 0 unspecified atom stereocenters. The molecule has 3 aromatic carbocycles. The zero-order valence-electron chi connectivity index (χ0n) is 18.4. The quantitative estimate of drug-likeness (QED) is 0.547. The molecule has 166 valence electrons. The molecule has 0 spiro atoms. The van der Waals surface area contributed by atoms with Gasteiger partial charge in [-0.1, -0.05) is 84.9 Å². The highest BCUT2D eigenvalue weighted by Crippen LogP contribution is 2.21. The fraction of sp³-hybridized carbons (Fsp3) is 0.296. The van der Waals surface area contributed by atoms with E-state index in [4.69, 9.17) is 4.74 Å². The van der Waals surface area contributed by atoms with E-state index in [0.29, 0.717) is 6.54 Å². The lowest BCUT2D eigenvalue weighted by Crippen LogP contribution is -2.37. The van der Waals surface area contributed by atoms with E-state index < -0.39 is 0 Å². The molecule has 1 saturated heterocycles. The van der Waals surface area contributed by atoms with E-state index >= 15 is 0 Å². The third kappa shape index (κ3) is 6.26. The van der Waals surface area contributed by atoms with E-state index in [1.807, 2.05) is 42.5 Å². The van der Waals surface area contributed by atoms with Gasteiger partial charge in [0.2, 0.25) is 5.91 Å². The van der Waals surface area contributed by atoms with E-state index in [0.717, 1.165) is 49.5 Å². The Morgan fingerprint density at radius 2 is 1.38 bits per heavy atom. The number of hydrogen-bond acceptors (Lipinski definition) is 4. The first-order valence-corrected chi connectivity index (χ1v) is 11.3. The van der Waals surface area contributed by atoms with Gasteiger partial charge in [0.1, 0.15) is 0 Å². The number of rotatable bonds is 9. The van der Waals surface area contributed by atoms with Crippen LogP contribution in [0.3, 0.4) is 0 Å². The van der Waals surface area contributed by atoms with Crippen LogP contribution in [-0.2, 0) is 22.6 Å². The number of nitrogens with one attached hydrogen (secondary N) is 2. The molecule has 5 nitrogen and oxygen atoms in total. The highest BCUT2D eigenvalue weighted by atomic mass is 16.5. The van der Waals surface area contributed by atoms with E-state index in [-0.39, 0.29) is 18.5 Å². The molecule has 2 N–H and O–H groups in total. The lowest BCUT2D eigenvalue weighted by molar-refractivity contribution is -0.120. The van der Waals surface area contributed by atoms with Crippen LogP contribution < -0.4 is 10.6 Å². The summed E-state index contributed by atoms with van der Waals surface area (Å²) in [7, 11) is 0. The molecule has 5 heteroatoms. The Labute approximate surface area is 190 Å². The van der Waals surface area contributed by atoms with Crippen molar-refractivity contribution in [3.8, 4) is 0 Å². The smallest absolute Gasteiger partial charge is 0.234 e.